The van der Waals surface area contributed by atoms with E-state index in [-0.39, 0.29) is 0 Å². The van der Waals surface area contributed by atoms with Crippen molar-refractivity contribution in [2.75, 3.05) is 6.54 Å². The molecule has 1 unspecified atom stereocenters. The number of hydrogen-bond acceptors (Lipinski definition) is 3. The van der Waals surface area contributed by atoms with Crippen LogP contribution in [-0.4, -0.2) is 28.0 Å². The highest BCUT2D eigenvalue weighted by molar-refractivity contribution is 5.62. The lowest BCUT2D eigenvalue weighted by molar-refractivity contribution is 0.171. The minimum absolute atomic E-state index is 0.399. The SMILES string of the molecule is OC(CNCc1cn[nH]c1-c1ccccc1)Cc1ccccc1. The van der Waals surface area contributed by atoms with Crippen molar-refractivity contribution in [1.82, 2.24) is 15.5 Å². The van der Waals surface area contributed by atoms with Crippen molar-refractivity contribution < 1.29 is 5.11 Å². The molecule has 2 aromatic carbocycles. The monoisotopic (exact) mass is 307 g/mol. The van der Waals surface area contributed by atoms with E-state index in [1.54, 1.807) is 0 Å². The Morgan fingerprint density at radius 1 is 1.00 bits per heavy atom. The molecule has 1 atom stereocenters. The second-order valence-corrected chi connectivity index (χ2v) is 5.61. The van der Waals surface area contributed by atoms with E-state index in [0.29, 0.717) is 19.5 Å². The number of aromatic amines is 1. The van der Waals surface area contributed by atoms with Crippen molar-refractivity contribution in [3.05, 3.63) is 78.0 Å². The van der Waals surface area contributed by atoms with E-state index in [9.17, 15) is 5.11 Å². The maximum absolute atomic E-state index is 10.1. The van der Waals surface area contributed by atoms with Gasteiger partial charge in [-0.1, -0.05) is 60.7 Å². The Labute approximate surface area is 136 Å². The smallest absolute Gasteiger partial charge is 0.0704 e. The summed E-state index contributed by atoms with van der Waals surface area (Å²) < 4.78 is 0. The molecule has 4 nitrogen and oxygen atoms in total. The van der Waals surface area contributed by atoms with Crippen LogP contribution in [0.1, 0.15) is 11.1 Å². The first-order valence-electron chi connectivity index (χ1n) is 7.83. The van der Waals surface area contributed by atoms with Gasteiger partial charge in [-0.2, -0.15) is 5.10 Å². The van der Waals surface area contributed by atoms with E-state index in [2.05, 4.69) is 27.6 Å². The molecular weight excluding hydrogens is 286 g/mol. The van der Waals surface area contributed by atoms with E-state index in [0.717, 1.165) is 22.4 Å². The predicted molar refractivity (Wildman–Crippen MR) is 91.9 cm³/mol. The van der Waals surface area contributed by atoms with Gasteiger partial charge in [0.15, 0.2) is 0 Å². The van der Waals surface area contributed by atoms with Crippen LogP contribution in [0, 0.1) is 0 Å². The standard InChI is InChI=1S/C19H21N3O/c23-18(11-15-7-3-1-4-8-15)14-20-12-17-13-21-22-19(17)16-9-5-2-6-10-16/h1-10,13,18,20,23H,11-12,14H2,(H,21,22). The summed E-state index contributed by atoms with van der Waals surface area (Å²) in [4.78, 5) is 0. The third kappa shape index (κ3) is 4.28. The fourth-order valence-electron chi connectivity index (χ4n) is 2.63. The van der Waals surface area contributed by atoms with Gasteiger partial charge in [0, 0.05) is 18.7 Å². The van der Waals surface area contributed by atoms with Crippen LogP contribution in [0.2, 0.25) is 0 Å². The molecule has 118 valence electrons. The van der Waals surface area contributed by atoms with Gasteiger partial charge >= 0.3 is 0 Å². The third-order valence-electron chi connectivity index (χ3n) is 3.79. The number of H-pyrrole nitrogens is 1. The molecule has 23 heavy (non-hydrogen) atoms. The second kappa shape index (κ2) is 7.72. The lowest BCUT2D eigenvalue weighted by Crippen LogP contribution is -2.28. The molecule has 1 heterocycles. The topological polar surface area (TPSA) is 60.9 Å². The van der Waals surface area contributed by atoms with Gasteiger partial charge in [-0.05, 0) is 17.5 Å². The predicted octanol–water partition coefficient (Wildman–Crippen LogP) is 2.77. The minimum Gasteiger partial charge on any atom is -0.391 e. The molecule has 0 aliphatic heterocycles. The molecule has 0 aliphatic rings. The Morgan fingerprint density at radius 2 is 1.70 bits per heavy atom. The first-order valence-corrected chi connectivity index (χ1v) is 7.83. The molecule has 0 bridgehead atoms. The van der Waals surface area contributed by atoms with Gasteiger partial charge < -0.3 is 10.4 Å². The van der Waals surface area contributed by atoms with Gasteiger partial charge in [0.1, 0.15) is 0 Å². The zero-order valence-corrected chi connectivity index (χ0v) is 12.9. The van der Waals surface area contributed by atoms with Gasteiger partial charge in [0.2, 0.25) is 0 Å². The lowest BCUT2D eigenvalue weighted by Gasteiger charge is -2.12. The molecule has 0 saturated heterocycles. The first kappa shape index (κ1) is 15.5. The molecule has 3 N–H and O–H groups in total. The average Bonchev–Trinajstić information content (AvgIpc) is 3.05. The zero-order valence-electron chi connectivity index (χ0n) is 12.9. The number of aliphatic hydroxyl groups excluding tert-OH is 1. The second-order valence-electron chi connectivity index (χ2n) is 5.61. The number of nitrogens with one attached hydrogen (secondary N) is 2. The van der Waals surface area contributed by atoms with Gasteiger partial charge in [0.05, 0.1) is 18.0 Å². The van der Waals surface area contributed by atoms with Crippen LogP contribution in [0.4, 0.5) is 0 Å². The molecule has 3 aromatic rings. The molecule has 0 spiro atoms. The van der Waals surface area contributed by atoms with Gasteiger partial charge in [-0.3, -0.25) is 5.10 Å². The highest BCUT2D eigenvalue weighted by Crippen LogP contribution is 2.20. The number of nitrogens with zero attached hydrogens (tertiary/aromatic N) is 1. The van der Waals surface area contributed by atoms with Gasteiger partial charge in [-0.15, -0.1) is 0 Å². The Hall–Kier alpha value is -2.43. The van der Waals surface area contributed by atoms with Crippen molar-refractivity contribution in [2.24, 2.45) is 0 Å². The Balaban J connectivity index is 1.53. The van der Waals surface area contributed by atoms with Crippen LogP contribution >= 0.6 is 0 Å². The summed E-state index contributed by atoms with van der Waals surface area (Å²) in [5, 5.41) is 20.6. The maximum Gasteiger partial charge on any atom is 0.0704 e. The van der Waals surface area contributed by atoms with E-state index >= 15 is 0 Å². The van der Waals surface area contributed by atoms with Crippen molar-refractivity contribution >= 4 is 0 Å². The molecule has 0 amide bonds. The minimum atomic E-state index is -0.399. The molecular formula is C19H21N3O. The molecule has 0 aliphatic carbocycles. The lowest BCUT2D eigenvalue weighted by atomic mass is 10.1. The first-order chi connectivity index (χ1) is 11.3. The number of benzene rings is 2. The van der Waals surface area contributed by atoms with E-state index in [1.165, 1.54) is 0 Å². The summed E-state index contributed by atoms with van der Waals surface area (Å²) in [7, 11) is 0. The van der Waals surface area contributed by atoms with Crippen molar-refractivity contribution in [1.29, 1.82) is 0 Å². The van der Waals surface area contributed by atoms with Crippen LogP contribution in [0.5, 0.6) is 0 Å². The van der Waals surface area contributed by atoms with Crippen LogP contribution in [-0.2, 0) is 13.0 Å². The largest absolute Gasteiger partial charge is 0.391 e. The Bertz CT molecular complexity index is 710. The molecule has 0 saturated carbocycles. The molecule has 0 fully saturated rings. The molecule has 3 rings (SSSR count). The maximum atomic E-state index is 10.1. The fourth-order valence-corrected chi connectivity index (χ4v) is 2.63. The van der Waals surface area contributed by atoms with E-state index in [4.69, 9.17) is 0 Å². The van der Waals surface area contributed by atoms with E-state index < -0.39 is 6.10 Å². The Kier molecular flexibility index (Phi) is 5.19. The summed E-state index contributed by atoms with van der Waals surface area (Å²) in [6, 6.07) is 20.2. The molecule has 1 aromatic heterocycles. The van der Waals surface area contributed by atoms with Gasteiger partial charge in [0.25, 0.3) is 0 Å². The molecule has 0 radical (unpaired) electrons. The zero-order chi connectivity index (χ0) is 15.9. The van der Waals surface area contributed by atoms with Crippen LogP contribution < -0.4 is 5.32 Å². The number of aromatic nitrogens is 2. The third-order valence-corrected chi connectivity index (χ3v) is 3.79. The van der Waals surface area contributed by atoms with Crippen molar-refractivity contribution in [3.8, 4) is 11.3 Å². The number of aliphatic hydroxyl groups is 1. The number of hydrogen-bond donors (Lipinski definition) is 3. The highest BCUT2D eigenvalue weighted by atomic mass is 16.3. The quantitative estimate of drug-likeness (QED) is 0.629. The fraction of sp³-hybridized carbons (Fsp3) is 0.211. The van der Waals surface area contributed by atoms with E-state index in [1.807, 2.05) is 54.7 Å². The van der Waals surface area contributed by atoms with Crippen LogP contribution in [0.15, 0.2) is 66.9 Å². The Morgan fingerprint density at radius 3 is 2.43 bits per heavy atom. The normalized spacial score (nSPS) is 12.2. The summed E-state index contributed by atoms with van der Waals surface area (Å²) >= 11 is 0. The van der Waals surface area contributed by atoms with Crippen LogP contribution in [0.3, 0.4) is 0 Å². The average molecular weight is 307 g/mol. The van der Waals surface area contributed by atoms with Gasteiger partial charge in [-0.25, -0.2) is 0 Å². The highest BCUT2D eigenvalue weighted by Gasteiger charge is 2.09. The summed E-state index contributed by atoms with van der Waals surface area (Å²) in [5.74, 6) is 0. The van der Waals surface area contributed by atoms with Crippen molar-refractivity contribution in [2.45, 2.75) is 19.1 Å². The van der Waals surface area contributed by atoms with Crippen LogP contribution in [0.25, 0.3) is 11.3 Å². The summed E-state index contributed by atoms with van der Waals surface area (Å²) in [5.41, 5.74) is 4.39. The number of rotatable bonds is 7. The summed E-state index contributed by atoms with van der Waals surface area (Å²) in [6.45, 7) is 1.22. The summed E-state index contributed by atoms with van der Waals surface area (Å²) in [6.07, 6.45) is 2.09. The van der Waals surface area contributed by atoms with Crippen molar-refractivity contribution in [3.63, 3.8) is 0 Å². The molecule has 4 heteroatoms.